The molecule has 0 aliphatic heterocycles. The molecule has 0 spiro atoms. The highest BCUT2D eigenvalue weighted by molar-refractivity contribution is 7.09. The van der Waals surface area contributed by atoms with Gasteiger partial charge in [0.15, 0.2) is 0 Å². The highest BCUT2D eigenvalue weighted by Crippen LogP contribution is 2.19. The zero-order valence-corrected chi connectivity index (χ0v) is 11.2. The van der Waals surface area contributed by atoms with Crippen molar-refractivity contribution in [1.82, 2.24) is 9.36 Å². The number of hydrogen-bond donors (Lipinski definition) is 1. The molecule has 0 saturated carbocycles. The van der Waals surface area contributed by atoms with E-state index in [2.05, 4.69) is 26.8 Å². The van der Waals surface area contributed by atoms with Crippen LogP contribution in [-0.2, 0) is 12.8 Å². The molecule has 5 heteroatoms. The molecule has 1 heterocycles. The molecule has 0 fully saturated rings. The fourth-order valence-electron chi connectivity index (χ4n) is 1.44. The summed E-state index contributed by atoms with van der Waals surface area (Å²) in [6, 6.07) is 8.22. The van der Waals surface area contributed by atoms with Crippen molar-refractivity contribution in [2.75, 3.05) is 11.2 Å². The Kier molecular flexibility index (Phi) is 4.34. The molecule has 2 aromatic rings. The molecule has 0 atom stereocenters. The fraction of sp³-hybridized carbons (Fsp3) is 0.333. The normalized spacial score (nSPS) is 10.5. The summed E-state index contributed by atoms with van der Waals surface area (Å²) in [6.45, 7) is 2.05. The number of rotatable bonds is 5. The second-order valence-electron chi connectivity index (χ2n) is 3.63. The van der Waals surface area contributed by atoms with E-state index in [-0.39, 0.29) is 0 Å². The molecule has 1 aromatic carbocycles. The van der Waals surface area contributed by atoms with Gasteiger partial charge in [-0.2, -0.15) is 4.37 Å². The molecule has 0 unspecified atom stereocenters. The lowest BCUT2D eigenvalue weighted by Crippen LogP contribution is -1.91. The van der Waals surface area contributed by atoms with Crippen LogP contribution in [-0.4, -0.2) is 15.2 Å². The van der Waals surface area contributed by atoms with Crippen molar-refractivity contribution in [3.05, 3.63) is 35.7 Å². The third kappa shape index (κ3) is 3.41. The van der Waals surface area contributed by atoms with Gasteiger partial charge >= 0.3 is 0 Å². The number of nitrogens with one attached hydrogen (secondary N) is 1. The Labute approximate surface area is 110 Å². The zero-order chi connectivity index (χ0) is 12.1. The topological polar surface area (TPSA) is 37.8 Å². The summed E-state index contributed by atoms with van der Waals surface area (Å²) in [5, 5.41) is 4.08. The van der Waals surface area contributed by atoms with Crippen LogP contribution < -0.4 is 5.32 Å². The quantitative estimate of drug-likeness (QED) is 0.841. The predicted molar refractivity (Wildman–Crippen MR) is 73.4 cm³/mol. The van der Waals surface area contributed by atoms with Crippen LogP contribution in [0.2, 0.25) is 0 Å². The maximum atomic E-state index is 5.69. The van der Waals surface area contributed by atoms with Crippen LogP contribution in [0, 0.1) is 0 Å². The molecular weight excluding hydrogens is 254 g/mol. The number of anilines is 2. The molecule has 17 heavy (non-hydrogen) atoms. The predicted octanol–water partition coefficient (Wildman–Crippen LogP) is 3.63. The molecule has 0 amide bonds. The van der Waals surface area contributed by atoms with E-state index in [4.69, 9.17) is 11.6 Å². The van der Waals surface area contributed by atoms with Crippen molar-refractivity contribution in [3.63, 3.8) is 0 Å². The van der Waals surface area contributed by atoms with Crippen molar-refractivity contribution in [3.8, 4) is 0 Å². The monoisotopic (exact) mass is 267 g/mol. The van der Waals surface area contributed by atoms with Crippen molar-refractivity contribution < 1.29 is 0 Å². The minimum absolute atomic E-state index is 0.656. The summed E-state index contributed by atoms with van der Waals surface area (Å²) in [6.07, 6.45) is 1.77. The van der Waals surface area contributed by atoms with Gasteiger partial charge in [0.25, 0.3) is 0 Å². The van der Waals surface area contributed by atoms with Gasteiger partial charge in [0.2, 0.25) is 5.13 Å². The Morgan fingerprint density at radius 1 is 1.29 bits per heavy atom. The lowest BCUT2D eigenvalue weighted by Gasteiger charge is -2.03. The smallest absolute Gasteiger partial charge is 0.207 e. The second-order valence-corrected chi connectivity index (χ2v) is 4.76. The van der Waals surface area contributed by atoms with Gasteiger partial charge in [-0.15, -0.1) is 11.6 Å². The van der Waals surface area contributed by atoms with Crippen LogP contribution in [0.15, 0.2) is 24.3 Å². The molecule has 0 aliphatic rings. The molecule has 0 saturated heterocycles. The Hall–Kier alpha value is -1.13. The summed E-state index contributed by atoms with van der Waals surface area (Å²) in [5.41, 5.74) is 2.28. The molecule has 0 bridgehead atoms. The third-order valence-corrected chi connectivity index (χ3v) is 3.23. The van der Waals surface area contributed by atoms with Crippen LogP contribution in [0.25, 0.3) is 0 Å². The van der Waals surface area contributed by atoms with Gasteiger partial charge < -0.3 is 5.32 Å². The van der Waals surface area contributed by atoms with Gasteiger partial charge in [0, 0.05) is 29.5 Å². The molecule has 3 nitrogen and oxygen atoms in total. The van der Waals surface area contributed by atoms with Gasteiger partial charge in [-0.1, -0.05) is 19.1 Å². The Bertz CT molecular complexity index is 467. The first-order chi connectivity index (χ1) is 8.31. The van der Waals surface area contributed by atoms with Crippen LogP contribution in [0.5, 0.6) is 0 Å². The minimum Gasteiger partial charge on any atom is -0.330 e. The number of nitrogens with zero attached hydrogens (tertiary/aromatic N) is 2. The van der Waals surface area contributed by atoms with Crippen LogP contribution in [0.3, 0.4) is 0 Å². The van der Waals surface area contributed by atoms with Gasteiger partial charge in [-0.05, 0) is 24.1 Å². The number of hydrogen-bond acceptors (Lipinski definition) is 4. The average Bonchev–Trinajstić information content (AvgIpc) is 2.80. The average molecular weight is 268 g/mol. The van der Waals surface area contributed by atoms with E-state index in [1.54, 1.807) is 0 Å². The molecular formula is C12H14ClN3S. The standard InChI is InChI=1S/C12H14ClN3S/c1-2-11-15-12(17-16-11)14-10-5-3-9(4-6-10)7-8-13/h3-6H,2,7-8H2,1H3,(H,14,15,16). The Morgan fingerprint density at radius 3 is 2.65 bits per heavy atom. The van der Waals surface area contributed by atoms with Crippen LogP contribution >= 0.6 is 23.1 Å². The maximum Gasteiger partial charge on any atom is 0.207 e. The summed E-state index contributed by atoms with van der Waals surface area (Å²) >= 11 is 7.08. The van der Waals surface area contributed by atoms with Crippen molar-refractivity contribution in [2.24, 2.45) is 0 Å². The number of alkyl halides is 1. The van der Waals surface area contributed by atoms with E-state index in [0.717, 1.165) is 29.5 Å². The third-order valence-electron chi connectivity index (χ3n) is 2.37. The van der Waals surface area contributed by atoms with E-state index < -0.39 is 0 Å². The summed E-state index contributed by atoms with van der Waals surface area (Å²) in [4.78, 5) is 4.36. The molecule has 1 aromatic heterocycles. The minimum atomic E-state index is 0.656. The Morgan fingerprint density at radius 2 is 2.06 bits per heavy atom. The van der Waals surface area contributed by atoms with E-state index in [1.165, 1.54) is 17.1 Å². The van der Waals surface area contributed by atoms with Gasteiger partial charge in [0.05, 0.1) is 0 Å². The molecule has 1 N–H and O–H groups in total. The van der Waals surface area contributed by atoms with Gasteiger partial charge in [-0.3, -0.25) is 0 Å². The molecule has 2 rings (SSSR count). The SMILES string of the molecule is CCc1nsc(Nc2ccc(CCCl)cc2)n1. The first kappa shape index (κ1) is 12.3. The van der Waals surface area contributed by atoms with Crippen LogP contribution in [0.1, 0.15) is 18.3 Å². The lowest BCUT2D eigenvalue weighted by molar-refractivity contribution is 1.00. The van der Waals surface area contributed by atoms with Crippen molar-refractivity contribution in [2.45, 2.75) is 19.8 Å². The maximum absolute atomic E-state index is 5.69. The number of halogens is 1. The zero-order valence-electron chi connectivity index (χ0n) is 9.61. The first-order valence-corrected chi connectivity index (χ1v) is 6.87. The Balaban J connectivity index is 2.03. The first-order valence-electron chi connectivity index (χ1n) is 5.56. The van der Waals surface area contributed by atoms with E-state index in [1.807, 2.05) is 19.1 Å². The second kappa shape index (κ2) is 5.98. The molecule has 0 radical (unpaired) electrons. The van der Waals surface area contributed by atoms with Crippen molar-refractivity contribution in [1.29, 1.82) is 0 Å². The van der Waals surface area contributed by atoms with Crippen molar-refractivity contribution >= 4 is 34.0 Å². The highest BCUT2D eigenvalue weighted by Gasteiger charge is 2.02. The van der Waals surface area contributed by atoms with Gasteiger partial charge in [0.1, 0.15) is 5.82 Å². The van der Waals surface area contributed by atoms with E-state index >= 15 is 0 Å². The lowest BCUT2D eigenvalue weighted by atomic mass is 10.1. The van der Waals surface area contributed by atoms with E-state index in [9.17, 15) is 0 Å². The van der Waals surface area contributed by atoms with E-state index in [0.29, 0.717) is 5.88 Å². The molecule has 90 valence electrons. The highest BCUT2D eigenvalue weighted by atomic mass is 35.5. The molecule has 0 aliphatic carbocycles. The summed E-state index contributed by atoms with van der Waals surface area (Å²) in [5.74, 6) is 1.54. The number of aryl methyl sites for hydroxylation is 2. The summed E-state index contributed by atoms with van der Waals surface area (Å²) in [7, 11) is 0. The van der Waals surface area contributed by atoms with Gasteiger partial charge in [-0.25, -0.2) is 4.98 Å². The number of aromatic nitrogens is 2. The fourth-order valence-corrected chi connectivity index (χ4v) is 2.33. The largest absolute Gasteiger partial charge is 0.330 e. The number of benzene rings is 1. The summed E-state index contributed by atoms with van der Waals surface area (Å²) < 4.78 is 4.23. The van der Waals surface area contributed by atoms with Crippen LogP contribution in [0.4, 0.5) is 10.8 Å².